The quantitative estimate of drug-likeness (QED) is 0.519. The van der Waals surface area contributed by atoms with Crippen LogP contribution < -0.4 is 4.90 Å². The molecule has 0 saturated heterocycles. The van der Waals surface area contributed by atoms with E-state index in [0.717, 1.165) is 10.5 Å². The first-order valence-corrected chi connectivity index (χ1v) is 10.4. The third-order valence-corrected chi connectivity index (χ3v) is 5.84. The molecule has 0 N–H and O–H groups in total. The molecule has 0 radical (unpaired) electrons. The topological polar surface area (TPSA) is 83.3 Å². The Morgan fingerprint density at radius 1 is 1.31 bits per heavy atom. The van der Waals surface area contributed by atoms with Crippen LogP contribution in [-0.4, -0.2) is 30.0 Å². The van der Waals surface area contributed by atoms with Gasteiger partial charge in [0, 0.05) is 17.5 Å². The summed E-state index contributed by atoms with van der Waals surface area (Å²) in [5.74, 6) is -1.87. The van der Waals surface area contributed by atoms with Crippen LogP contribution in [0.15, 0.2) is 41.1 Å². The molecular weight excluding hydrogens is 413 g/mol. The van der Waals surface area contributed by atoms with Crippen molar-refractivity contribution in [1.82, 2.24) is 4.98 Å². The van der Waals surface area contributed by atoms with Crippen LogP contribution in [-0.2, 0) is 9.53 Å². The van der Waals surface area contributed by atoms with Crippen molar-refractivity contribution in [2.75, 3.05) is 18.1 Å². The van der Waals surface area contributed by atoms with E-state index in [1.54, 1.807) is 13.0 Å². The number of benzene rings is 1. The summed E-state index contributed by atoms with van der Waals surface area (Å²) in [6.45, 7) is 1.13. The van der Waals surface area contributed by atoms with E-state index in [-0.39, 0.29) is 18.7 Å². The Labute approximate surface area is 174 Å². The first-order chi connectivity index (χ1) is 14.0. The molecule has 0 fully saturated rings. The fourth-order valence-electron chi connectivity index (χ4n) is 2.58. The van der Waals surface area contributed by atoms with Gasteiger partial charge in [-0.25, -0.2) is 14.2 Å². The van der Waals surface area contributed by atoms with E-state index < -0.39 is 24.3 Å². The first-order valence-electron chi connectivity index (χ1n) is 8.60. The number of thiazole rings is 1. The van der Waals surface area contributed by atoms with Gasteiger partial charge < -0.3 is 9.64 Å². The van der Waals surface area contributed by atoms with Gasteiger partial charge in [0.05, 0.1) is 23.9 Å². The summed E-state index contributed by atoms with van der Waals surface area (Å²) in [5, 5.41) is 13.4. The van der Waals surface area contributed by atoms with Crippen LogP contribution in [0.2, 0.25) is 0 Å². The Balaban J connectivity index is 1.70. The molecular formula is C20H16FN3O3S2. The summed E-state index contributed by atoms with van der Waals surface area (Å²) in [5.41, 5.74) is 1.47. The second-order valence-corrected chi connectivity index (χ2v) is 7.71. The van der Waals surface area contributed by atoms with Crippen molar-refractivity contribution in [2.45, 2.75) is 13.3 Å². The van der Waals surface area contributed by atoms with E-state index in [1.807, 2.05) is 22.9 Å². The minimum Gasteiger partial charge on any atom is -0.451 e. The number of para-hydroxylation sites is 1. The fraction of sp³-hybridized carbons (Fsp3) is 0.200. The molecule has 6 nitrogen and oxygen atoms in total. The van der Waals surface area contributed by atoms with Crippen molar-refractivity contribution >= 4 is 40.2 Å². The highest BCUT2D eigenvalue weighted by atomic mass is 32.1. The SMILES string of the molecule is Cc1nc(-c2ccsc2)sc1C(=O)OCC(=O)N(CCC#N)c1ccccc1F. The van der Waals surface area contributed by atoms with Gasteiger partial charge >= 0.3 is 5.97 Å². The number of ether oxygens (including phenoxy) is 1. The average molecular weight is 429 g/mol. The van der Waals surface area contributed by atoms with Crippen molar-refractivity contribution < 1.29 is 18.7 Å². The molecule has 3 aromatic rings. The Morgan fingerprint density at radius 3 is 2.79 bits per heavy atom. The number of esters is 1. The molecule has 0 unspecified atom stereocenters. The lowest BCUT2D eigenvalue weighted by Gasteiger charge is -2.22. The highest BCUT2D eigenvalue weighted by Crippen LogP contribution is 2.30. The van der Waals surface area contributed by atoms with Crippen LogP contribution in [0.1, 0.15) is 21.8 Å². The maximum Gasteiger partial charge on any atom is 0.350 e. The summed E-state index contributed by atoms with van der Waals surface area (Å²) >= 11 is 2.72. The fourth-order valence-corrected chi connectivity index (χ4v) is 4.25. The van der Waals surface area contributed by atoms with E-state index in [1.165, 1.54) is 40.9 Å². The van der Waals surface area contributed by atoms with Gasteiger partial charge in [0.2, 0.25) is 0 Å². The summed E-state index contributed by atoms with van der Waals surface area (Å²) in [7, 11) is 0. The number of carbonyl (C=O) groups is 2. The predicted octanol–water partition coefficient (Wildman–Crippen LogP) is 4.42. The van der Waals surface area contributed by atoms with Crippen LogP contribution in [0.25, 0.3) is 10.6 Å². The van der Waals surface area contributed by atoms with Gasteiger partial charge in [-0.2, -0.15) is 16.6 Å². The smallest absolute Gasteiger partial charge is 0.350 e. The number of hydrogen-bond acceptors (Lipinski definition) is 7. The standard InChI is InChI=1S/C20H16FN3O3S2/c1-13-18(29-19(23-13)14-7-10-28-12-14)20(26)27-11-17(25)24(9-4-8-22)16-6-3-2-5-15(16)21/h2-3,5-7,10,12H,4,9,11H2,1H3. The molecule has 3 rings (SSSR count). The average Bonchev–Trinajstić information content (AvgIpc) is 3.37. The van der Waals surface area contributed by atoms with Crippen LogP contribution in [0.4, 0.5) is 10.1 Å². The number of amides is 1. The molecule has 2 heterocycles. The Bertz CT molecular complexity index is 1060. The highest BCUT2D eigenvalue weighted by molar-refractivity contribution is 7.17. The van der Waals surface area contributed by atoms with Crippen molar-refractivity contribution in [2.24, 2.45) is 0 Å². The van der Waals surface area contributed by atoms with Crippen LogP contribution in [0, 0.1) is 24.1 Å². The van der Waals surface area contributed by atoms with E-state index in [9.17, 15) is 14.0 Å². The number of aryl methyl sites for hydroxylation is 1. The van der Waals surface area contributed by atoms with Gasteiger partial charge in [0.25, 0.3) is 5.91 Å². The molecule has 1 aromatic carbocycles. The van der Waals surface area contributed by atoms with Gasteiger partial charge in [-0.3, -0.25) is 4.79 Å². The maximum absolute atomic E-state index is 14.1. The molecule has 0 aliphatic heterocycles. The van der Waals surface area contributed by atoms with E-state index in [2.05, 4.69) is 4.98 Å². The normalized spacial score (nSPS) is 10.4. The Morgan fingerprint density at radius 2 is 2.10 bits per heavy atom. The number of nitriles is 1. The molecule has 0 aliphatic carbocycles. The number of thiophene rings is 1. The summed E-state index contributed by atoms with van der Waals surface area (Å²) < 4.78 is 19.3. The van der Waals surface area contributed by atoms with Crippen molar-refractivity contribution in [3.63, 3.8) is 0 Å². The molecule has 0 aliphatic rings. The molecule has 0 bridgehead atoms. The summed E-state index contributed by atoms with van der Waals surface area (Å²) in [4.78, 5) is 30.8. The molecule has 0 spiro atoms. The molecule has 9 heteroatoms. The number of rotatable bonds is 7. The minimum absolute atomic E-state index is 0.00426. The predicted molar refractivity (Wildman–Crippen MR) is 109 cm³/mol. The largest absolute Gasteiger partial charge is 0.451 e. The molecule has 2 aromatic heterocycles. The summed E-state index contributed by atoms with van der Waals surface area (Å²) in [6, 6.07) is 9.58. The Hall–Kier alpha value is -3.09. The van der Waals surface area contributed by atoms with Gasteiger partial charge in [0.15, 0.2) is 6.61 Å². The van der Waals surface area contributed by atoms with Gasteiger partial charge in [0.1, 0.15) is 15.7 Å². The molecule has 29 heavy (non-hydrogen) atoms. The van der Waals surface area contributed by atoms with Gasteiger partial charge in [-0.1, -0.05) is 12.1 Å². The number of nitrogens with zero attached hydrogens (tertiary/aromatic N) is 3. The lowest BCUT2D eigenvalue weighted by atomic mass is 10.2. The third kappa shape index (κ3) is 4.85. The molecule has 1 amide bonds. The van der Waals surface area contributed by atoms with E-state index in [0.29, 0.717) is 15.6 Å². The lowest BCUT2D eigenvalue weighted by Crippen LogP contribution is -2.36. The number of anilines is 1. The summed E-state index contributed by atoms with van der Waals surface area (Å²) in [6.07, 6.45) is 0.0198. The van der Waals surface area contributed by atoms with Crippen molar-refractivity contribution in [3.8, 4) is 16.6 Å². The van der Waals surface area contributed by atoms with Crippen LogP contribution >= 0.6 is 22.7 Å². The number of halogens is 1. The second-order valence-electron chi connectivity index (χ2n) is 5.93. The van der Waals surface area contributed by atoms with Crippen LogP contribution in [0.3, 0.4) is 0 Å². The second kappa shape index (κ2) is 9.41. The van der Waals surface area contributed by atoms with E-state index >= 15 is 0 Å². The molecule has 148 valence electrons. The first kappa shape index (κ1) is 20.6. The molecule has 0 saturated carbocycles. The van der Waals surface area contributed by atoms with Gasteiger partial charge in [-0.15, -0.1) is 11.3 Å². The van der Waals surface area contributed by atoms with Crippen LogP contribution in [0.5, 0.6) is 0 Å². The zero-order chi connectivity index (χ0) is 20.8. The van der Waals surface area contributed by atoms with Crippen molar-refractivity contribution in [1.29, 1.82) is 5.26 Å². The van der Waals surface area contributed by atoms with E-state index in [4.69, 9.17) is 10.00 Å². The number of hydrogen-bond donors (Lipinski definition) is 0. The molecule has 0 atom stereocenters. The monoisotopic (exact) mass is 429 g/mol. The van der Waals surface area contributed by atoms with Gasteiger partial charge in [-0.05, 0) is 30.5 Å². The number of carbonyl (C=O) groups excluding carboxylic acids is 2. The lowest BCUT2D eigenvalue weighted by molar-refractivity contribution is -0.121. The minimum atomic E-state index is -0.663. The third-order valence-electron chi connectivity index (χ3n) is 3.97. The maximum atomic E-state index is 14.1. The number of aromatic nitrogens is 1. The Kier molecular flexibility index (Phi) is 6.69. The van der Waals surface area contributed by atoms with Crippen molar-refractivity contribution in [3.05, 3.63) is 57.5 Å². The zero-order valence-corrected chi connectivity index (χ0v) is 17.1. The highest BCUT2D eigenvalue weighted by Gasteiger charge is 2.23. The zero-order valence-electron chi connectivity index (χ0n) is 15.4.